The SMILES string of the molecule is C/C=C\c1c(C)c2ccc(-c3cccc(-c4cccc5c4sc4ccccc45)c3)cc2c2ccccc12. The third-order valence-corrected chi connectivity index (χ3v) is 8.80. The zero-order valence-electron chi connectivity index (χ0n) is 21.0. The molecular formula is C36H26S. The Morgan fingerprint density at radius 1 is 0.541 bits per heavy atom. The Hall–Kier alpha value is -4.20. The van der Waals surface area contributed by atoms with Crippen molar-refractivity contribution in [2.24, 2.45) is 0 Å². The van der Waals surface area contributed by atoms with Gasteiger partial charge in [0.05, 0.1) is 0 Å². The molecule has 0 saturated carbocycles. The Balaban J connectivity index is 1.42. The fraction of sp³-hybridized carbons (Fsp3) is 0.0556. The van der Waals surface area contributed by atoms with Gasteiger partial charge in [-0.15, -0.1) is 11.3 Å². The summed E-state index contributed by atoms with van der Waals surface area (Å²) < 4.78 is 2.70. The first-order valence-corrected chi connectivity index (χ1v) is 13.6. The summed E-state index contributed by atoms with van der Waals surface area (Å²) in [6, 6.07) is 40.2. The van der Waals surface area contributed by atoms with Gasteiger partial charge in [0.2, 0.25) is 0 Å². The highest BCUT2D eigenvalue weighted by Crippen LogP contribution is 2.41. The first-order valence-electron chi connectivity index (χ1n) is 12.8. The topological polar surface area (TPSA) is 0 Å². The molecular weight excluding hydrogens is 464 g/mol. The molecule has 0 nitrogen and oxygen atoms in total. The van der Waals surface area contributed by atoms with Gasteiger partial charge in [0.1, 0.15) is 0 Å². The third-order valence-electron chi connectivity index (χ3n) is 7.58. The van der Waals surface area contributed by atoms with Crippen LogP contribution >= 0.6 is 11.3 Å². The lowest BCUT2D eigenvalue weighted by Crippen LogP contribution is -1.90. The van der Waals surface area contributed by atoms with Crippen molar-refractivity contribution >= 4 is 59.1 Å². The summed E-state index contributed by atoms with van der Waals surface area (Å²) in [5.74, 6) is 0. The summed E-state index contributed by atoms with van der Waals surface area (Å²) >= 11 is 1.89. The minimum absolute atomic E-state index is 1.25. The molecule has 0 amide bonds. The Kier molecular flexibility index (Phi) is 5.20. The molecule has 0 bridgehead atoms. The lowest BCUT2D eigenvalue weighted by Gasteiger charge is -2.14. The minimum atomic E-state index is 1.25. The summed E-state index contributed by atoms with van der Waals surface area (Å²) in [7, 11) is 0. The van der Waals surface area contributed by atoms with Crippen molar-refractivity contribution in [2.45, 2.75) is 13.8 Å². The molecule has 37 heavy (non-hydrogen) atoms. The molecule has 6 aromatic carbocycles. The van der Waals surface area contributed by atoms with E-state index < -0.39 is 0 Å². The highest BCUT2D eigenvalue weighted by molar-refractivity contribution is 7.26. The van der Waals surface area contributed by atoms with Gasteiger partial charge in [-0.25, -0.2) is 0 Å². The van der Waals surface area contributed by atoms with Crippen molar-refractivity contribution in [3.8, 4) is 22.3 Å². The third kappa shape index (κ3) is 3.50. The normalized spacial score (nSPS) is 11.9. The van der Waals surface area contributed by atoms with Crippen LogP contribution in [0.1, 0.15) is 18.1 Å². The van der Waals surface area contributed by atoms with Crippen LogP contribution in [0.25, 0.3) is 70.0 Å². The molecule has 0 aliphatic heterocycles. The standard InChI is InChI=1S/C36H26S/c1-3-10-27-23(2)28-20-19-25(22-34(28)31-14-5-4-13-30(27)31)24-11-8-12-26(21-24)29-16-9-17-33-32-15-6-7-18-35(32)37-36(29)33/h3-22H,1-2H3/b10-3-. The first kappa shape index (κ1) is 22.0. The van der Waals surface area contributed by atoms with Crippen LogP contribution in [0.2, 0.25) is 0 Å². The Bertz CT molecular complexity index is 2000. The fourth-order valence-corrected chi connectivity index (χ4v) is 7.03. The van der Waals surface area contributed by atoms with E-state index in [0.29, 0.717) is 0 Å². The smallest absolute Gasteiger partial charge is 0.0433 e. The van der Waals surface area contributed by atoms with Crippen LogP contribution in [0, 0.1) is 6.92 Å². The molecule has 1 aromatic heterocycles. The number of rotatable bonds is 3. The van der Waals surface area contributed by atoms with Gasteiger partial charge >= 0.3 is 0 Å². The number of fused-ring (bicyclic) bond motifs is 6. The monoisotopic (exact) mass is 490 g/mol. The van der Waals surface area contributed by atoms with E-state index in [9.17, 15) is 0 Å². The predicted octanol–water partition coefficient (Wildman–Crippen LogP) is 11.0. The molecule has 0 aliphatic carbocycles. The summed E-state index contributed by atoms with van der Waals surface area (Å²) in [6.45, 7) is 4.34. The van der Waals surface area contributed by atoms with Crippen LogP contribution in [0.15, 0.2) is 115 Å². The molecule has 0 fully saturated rings. The van der Waals surface area contributed by atoms with Gasteiger partial charge in [-0.3, -0.25) is 0 Å². The number of aryl methyl sites for hydroxylation is 1. The molecule has 0 aliphatic rings. The molecule has 7 aromatic rings. The van der Waals surface area contributed by atoms with E-state index >= 15 is 0 Å². The van der Waals surface area contributed by atoms with Gasteiger partial charge in [-0.2, -0.15) is 0 Å². The molecule has 0 spiro atoms. The second kappa shape index (κ2) is 8.73. The second-order valence-corrected chi connectivity index (χ2v) is 10.8. The van der Waals surface area contributed by atoms with Crippen LogP contribution in [0.5, 0.6) is 0 Å². The van der Waals surface area contributed by atoms with Crippen molar-refractivity contribution in [3.05, 3.63) is 126 Å². The lowest BCUT2D eigenvalue weighted by atomic mass is 9.90. The van der Waals surface area contributed by atoms with E-state index in [1.807, 2.05) is 11.3 Å². The average Bonchev–Trinajstić information content (AvgIpc) is 3.34. The Labute approximate surface area is 221 Å². The molecule has 1 heteroatoms. The molecule has 0 N–H and O–H groups in total. The largest absolute Gasteiger partial charge is 0.135 e. The zero-order chi connectivity index (χ0) is 24.9. The van der Waals surface area contributed by atoms with E-state index in [2.05, 4.69) is 135 Å². The highest BCUT2D eigenvalue weighted by Gasteiger charge is 2.13. The molecule has 7 rings (SSSR count). The maximum atomic E-state index is 2.38. The zero-order valence-corrected chi connectivity index (χ0v) is 21.8. The molecule has 0 atom stereocenters. The first-order chi connectivity index (χ1) is 18.2. The van der Waals surface area contributed by atoms with Crippen LogP contribution in [-0.2, 0) is 0 Å². The Morgan fingerprint density at radius 3 is 2.11 bits per heavy atom. The van der Waals surface area contributed by atoms with Gasteiger partial charge in [0.15, 0.2) is 0 Å². The maximum absolute atomic E-state index is 2.38. The van der Waals surface area contributed by atoms with E-state index in [4.69, 9.17) is 0 Å². The number of hydrogen-bond acceptors (Lipinski definition) is 1. The average molecular weight is 491 g/mol. The van der Waals surface area contributed by atoms with Crippen LogP contribution in [0.4, 0.5) is 0 Å². The van der Waals surface area contributed by atoms with Crippen molar-refractivity contribution in [3.63, 3.8) is 0 Å². The lowest BCUT2D eigenvalue weighted by molar-refractivity contribution is 1.52. The second-order valence-electron chi connectivity index (χ2n) is 9.71. The summed E-state index contributed by atoms with van der Waals surface area (Å²) in [6.07, 6.45) is 4.38. The van der Waals surface area contributed by atoms with E-state index in [-0.39, 0.29) is 0 Å². The van der Waals surface area contributed by atoms with Crippen molar-refractivity contribution < 1.29 is 0 Å². The highest BCUT2D eigenvalue weighted by atomic mass is 32.1. The van der Waals surface area contributed by atoms with E-state index in [1.165, 1.54) is 75.1 Å². The predicted molar refractivity (Wildman–Crippen MR) is 165 cm³/mol. The fourth-order valence-electron chi connectivity index (χ4n) is 5.80. The number of benzene rings is 6. The van der Waals surface area contributed by atoms with Crippen LogP contribution in [0.3, 0.4) is 0 Å². The van der Waals surface area contributed by atoms with Gasteiger partial charge < -0.3 is 0 Å². The number of thiophene rings is 1. The van der Waals surface area contributed by atoms with Gasteiger partial charge in [-0.1, -0.05) is 103 Å². The molecule has 0 radical (unpaired) electrons. The molecule has 176 valence electrons. The molecule has 1 heterocycles. The van der Waals surface area contributed by atoms with Gasteiger partial charge in [-0.05, 0) is 87.0 Å². The van der Waals surface area contributed by atoms with Crippen LogP contribution < -0.4 is 0 Å². The molecule has 0 saturated heterocycles. The van der Waals surface area contributed by atoms with Gasteiger partial charge in [0.25, 0.3) is 0 Å². The Morgan fingerprint density at radius 2 is 1.24 bits per heavy atom. The quantitative estimate of drug-likeness (QED) is 0.216. The van der Waals surface area contributed by atoms with Crippen molar-refractivity contribution in [1.82, 2.24) is 0 Å². The summed E-state index contributed by atoms with van der Waals surface area (Å²) in [5.41, 5.74) is 7.72. The summed E-state index contributed by atoms with van der Waals surface area (Å²) in [5, 5.41) is 7.94. The minimum Gasteiger partial charge on any atom is -0.135 e. The number of allylic oxidation sites excluding steroid dienone is 1. The summed E-state index contributed by atoms with van der Waals surface area (Å²) in [4.78, 5) is 0. The van der Waals surface area contributed by atoms with Gasteiger partial charge in [0, 0.05) is 20.2 Å². The molecule has 0 unspecified atom stereocenters. The number of hydrogen-bond donors (Lipinski definition) is 0. The van der Waals surface area contributed by atoms with Crippen molar-refractivity contribution in [2.75, 3.05) is 0 Å². The van der Waals surface area contributed by atoms with Crippen molar-refractivity contribution in [1.29, 1.82) is 0 Å². The van der Waals surface area contributed by atoms with E-state index in [1.54, 1.807) is 0 Å². The maximum Gasteiger partial charge on any atom is 0.0433 e. The van der Waals surface area contributed by atoms with E-state index in [0.717, 1.165) is 0 Å². The van der Waals surface area contributed by atoms with Crippen LogP contribution in [-0.4, -0.2) is 0 Å².